The van der Waals surface area contributed by atoms with Crippen LogP contribution in [-0.4, -0.2) is 10.9 Å². The number of aliphatic hydroxyl groups excluding tert-OH is 1. The molecule has 0 bridgehead atoms. The van der Waals surface area contributed by atoms with Gasteiger partial charge in [0.15, 0.2) is 5.78 Å². The van der Waals surface area contributed by atoms with Crippen molar-refractivity contribution in [2.24, 2.45) is 5.73 Å². The van der Waals surface area contributed by atoms with Crippen LogP contribution >= 0.6 is 0 Å². The van der Waals surface area contributed by atoms with E-state index in [2.05, 4.69) is 0 Å². The average Bonchev–Trinajstić information content (AvgIpc) is 2.12. The minimum atomic E-state index is -0.134. The molecule has 0 saturated heterocycles. The summed E-state index contributed by atoms with van der Waals surface area (Å²) < 4.78 is 0. The van der Waals surface area contributed by atoms with Gasteiger partial charge in [-0.15, -0.1) is 0 Å². The zero-order valence-corrected chi connectivity index (χ0v) is 8.42. The molecule has 0 aromatic rings. The van der Waals surface area contributed by atoms with Crippen molar-refractivity contribution in [2.45, 2.75) is 33.6 Å². The molecule has 74 valence electrons. The van der Waals surface area contributed by atoms with Crippen LogP contribution in [0.25, 0.3) is 0 Å². The Bertz CT molecular complexity index is 252. The van der Waals surface area contributed by atoms with Crippen molar-refractivity contribution >= 4 is 5.78 Å². The van der Waals surface area contributed by atoms with E-state index in [1.807, 2.05) is 13.8 Å². The third kappa shape index (κ3) is 3.32. The Morgan fingerprint density at radius 1 is 1.46 bits per heavy atom. The minimum Gasteiger partial charge on any atom is -0.512 e. The van der Waals surface area contributed by atoms with Crippen LogP contribution in [0.4, 0.5) is 0 Å². The average molecular weight is 183 g/mol. The van der Waals surface area contributed by atoms with Gasteiger partial charge in [-0.2, -0.15) is 0 Å². The van der Waals surface area contributed by atoms with Gasteiger partial charge in [-0.25, -0.2) is 0 Å². The van der Waals surface area contributed by atoms with Crippen molar-refractivity contribution in [3.8, 4) is 0 Å². The number of hydrogen-bond donors (Lipinski definition) is 2. The third-order valence-electron chi connectivity index (χ3n) is 1.67. The highest BCUT2D eigenvalue weighted by atomic mass is 16.3. The molecule has 0 heterocycles. The molecule has 0 aromatic carbocycles. The van der Waals surface area contributed by atoms with Gasteiger partial charge >= 0.3 is 0 Å². The van der Waals surface area contributed by atoms with Crippen LogP contribution in [0.3, 0.4) is 0 Å². The summed E-state index contributed by atoms with van der Waals surface area (Å²) in [4.78, 5) is 10.8. The van der Waals surface area contributed by atoms with E-state index in [-0.39, 0.29) is 11.5 Å². The Labute approximate surface area is 78.9 Å². The van der Waals surface area contributed by atoms with Gasteiger partial charge in [0.05, 0.1) is 5.57 Å². The SMILES string of the molecule is CC.CC(=O)C1=C(O)CCC(N)=C1. The number of carbonyl (C=O) groups is 1. The Hall–Kier alpha value is -1.25. The van der Waals surface area contributed by atoms with Gasteiger partial charge in [-0.05, 0) is 19.4 Å². The number of hydrogen-bond acceptors (Lipinski definition) is 3. The first kappa shape index (κ1) is 11.8. The number of carbonyl (C=O) groups excluding carboxylic acids is 1. The summed E-state index contributed by atoms with van der Waals surface area (Å²) in [5.74, 6) is 0.0249. The summed E-state index contributed by atoms with van der Waals surface area (Å²) in [7, 11) is 0. The van der Waals surface area contributed by atoms with Gasteiger partial charge in [0.25, 0.3) is 0 Å². The molecule has 0 radical (unpaired) electrons. The van der Waals surface area contributed by atoms with E-state index in [1.54, 1.807) is 6.08 Å². The molecule has 3 nitrogen and oxygen atoms in total. The second-order valence-corrected chi connectivity index (χ2v) is 2.64. The van der Waals surface area contributed by atoms with E-state index in [0.717, 1.165) is 0 Å². The van der Waals surface area contributed by atoms with Crippen LogP contribution in [0.2, 0.25) is 0 Å². The topological polar surface area (TPSA) is 63.3 Å². The molecule has 1 aliphatic carbocycles. The maximum absolute atomic E-state index is 10.8. The summed E-state index contributed by atoms with van der Waals surface area (Å²) in [6, 6.07) is 0. The van der Waals surface area contributed by atoms with Crippen molar-refractivity contribution in [1.29, 1.82) is 0 Å². The summed E-state index contributed by atoms with van der Waals surface area (Å²) in [5.41, 5.74) is 6.50. The molecule has 1 rings (SSSR count). The number of allylic oxidation sites excluding steroid dienone is 4. The number of ketones is 1. The van der Waals surface area contributed by atoms with E-state index in [1.165, 1.54) is 6.92 Å². The zero-order chi connectivity index (χ0) is 10.4. The molecule has 1 aliphatic rings. The Morgan fingerprint density at radius 2 is 2.00 bits per heavy atom. The molecule has 0 atom stereocenters. The zero-order valence-electron chi connectivity index (χ0n) is 8.42. The molecule has 0 fully saturated rings. The molecule has 3 heteroatoms. The van der Waals surface area contributed by atoms with E-state index in [9.17, 15) is 9.90 Å². The van der Waals surface area contributed by atoms with E-state index >= 15 is 0 Å². The summed E-state index contributed by atoms with van der Waals surface area (Å²) >= 11 is 0. The standard InChI is InChI=1S/C8H11NO2.C2H6/c1-5(10)7-4-6(9)2-3-8(7)11;1-2/h4,11H,2-3,9H2,1H3;1-2H3. The van der Waals surface area contributed by atoms with Crippen molar-refractivity contribution < 1.29 is 9.90 Å². The lowest BCUT2D eigenvalue weighted by atomic mass is 10.0. The lowest BCUT2D eigenvalue weighted by Gasteiger charge is -2.11. The fourth-order valence-corrected chi connectivity index (χ4v) is 1.04. The first-order valence-electron chi connectivity index (χ1n) is 4.50. The second-order valence-electron chi connectivity index (χ2n) is 2.64. The van der Waals surface area contributed by atoms with Gasteiger partial charge in [-0.1, -0.05) is 13.8 Å². The molecule has 0 unspecified atom stereocenters. The maximum Gasteiger partial charge on any atom is 0.163 e. The van der Waals surface area contributed by atoms with Gasteiger partial charge < -0.3 is 10.8 Å². The van der Waals surface area contributed by atoms with E-state index in [0.29, 0.717) is 24.1 Å². The summed E-state index contributed by atoms with van der Waals surface area (Å²) in [5, 5.41) is 9.22. The quantitative estimate of drug-likeness (QED) is 0.654. The first-order valence-corrected chi connectivity index (χ1v) is 4.50. The molecule has 0 spiro atoms. The number of aliphatic hydroxyl groups is 1. The largest absolute Gasteiger partial charge is 0.512 e. The highest BCUT2D eigenvalue weighted by Crippen LogP contribution is 2.19. The predicted octanol–water partition coefficient (Wildman–Crippen LogP) is 2.05. The molecule has 3 N–H and O–H groups in total. The number of Topliss-reactive ketones (excluding diaryl/α,β-unsaturated/α-hetero) is 1. The highest BCUT2D eigenvalue weighted by Gasteiger charge is 2.13. The molecule has 0 aliphatic heterocycles. The van der Waals surface area contributed by atoms with Crippen LogP contribution in [0.1, 0.15) is 33.6 Å². The Kier molecular flexibility index (Phi) is 4.89. The monoisotopic (exact) mass is 183 g/mol. The smallest absolute Gasteiger partial charge is 0.163 e. The van der Waals surface area contributed by atoms with Gasteiger partial charge in [0, 0.05) is 12.1 Å². The van der Waals surface area contributed by atoms with Crippen molar-refractivity contribution in [3.63, 3.8) is 0 Å². The van der Waals surface area contributed by atoms with Crippen LogP contribution in [0.15, 0.2) is 23.1 Å². The molecule has 0 amide bonds. The van der Waals surface area contributed by atoms with Crippen LogP contribution in [-0.2, 0) is 4.79 Å². The Balaban J connectivity index is 0.000000671. The first-order chi connectivity index (χ1) is 6.11. The van der Waals surface area contributed by atoms with Crippen LogP contribution in [0.5, 0.6) is 0 Å². The molecule has 13 heavy (non-hydrogen) atoms. The van der Waals surface area contributed by atoms with Crippen LogP contribution in [0, 0.1) is 0 Å². The van der Waals surface area contributed by atoms with E-state index in [4.69, 9.17) is 5.73 Å². The fourth-order valence-electron chi connectivity index (χ4n) is 1.04. The summed E-state index contributed by atoms with van der Waals surface area (Å²) in [6.07, 6.45) is 2.67. The molecular weight excluding hydrogens is 166 g/mol. The van der Waals surface area contributed by atoms with Gasteiger partial charge in [-0.3, -0.25) is 4.79 Å². The van der Waals surface area contributed by atoms with Crippen LogP contribution < -0.4 is 5.73 Å². The normalized spacial score (nSPS) is 15.8. The number of nitrogens with two attached hydrogens (primary N) is 1. The van der Waals surface area contributed by atoms with E-state index < -0.39 is 0 Å². The lowest BCUT2D eigenvalue weighted by Crippen LogP contribution is -2.09. The van der Waals surface area contributed by atoms with Crippen molar-refractivity contribution in [1.82, 2.24) is 0 Å². The summed E-state index contributed by atoms with van der Waals surface area (Å²) in [6.45, 7) is 5.42. The van der Waals surface area contributed by atoms with Gasteiger partial charge in [0.2, 0.25) is 0 Å². The second kappa shape index (κ2) is 5.41. The lowest BCUT2D eigenvalue weighted by molar-refractivity contribution is -0.113. The highest BCUT2D eigenvalue weighted by molar-refractivity contribution is 5.96. The maximum atomic E-state index is 10.8. The van der Waals surface area contributed by atoms with Crippen molar-refractivity contribution in [2.75, 3.05) is 0 Å². The number of rotatable bonds is 1. The minimum absolute atomic E-state index is 0.134. The molecule has 0 aromatic heterocycles. The predicted molar refractivity (Wildman–Crippen MR) is 53.2 cm³/mol. The van der Waals surface area contributed by atoms with Gasteiger partial charge in [0.1, 0.15) is 5.76 Å². The molecule has 0 saturated carbocycles. The third-order valence-corrected chi connectivity index (χ3v) is 1.67. The fraction of sp³-hybridized carbons (Fsp3) is 0.500. The molecular formula is C10H17NO2. The Morgan fingerprint density at radius 3 is 2.38 bits per heavy atom. The van der Waals surface area contributed by atoms with Crippen molar-refractivity contribution in [3.05, 3.63) is 23.1 Å².